The monoisotopic (exact) mass is 368 g/mol. The van der Waals surface area contributed by atoms with Crippen molar-refractivity contribution in [2.45, 2.75) is 35.9 Å². The van der Waals surface area contributed by atoms with E-state index in [0.717, 1.165) is 4.57 Å². The molecule has 0 aromatic carbocycles. The summed E-state index contributed by atoms with van der Waals surface area (Å²) in [4.78, 5) is 25.2. The number of halogens is 1. The van der Waals surface area contributed by atoms with E-state index in [2.05, 4.69) is 4.98 Å². The molecule has 0 amide bonds. The van der Waals surface area contributed by atoms with Crippen molar-refractivity contribution in [2.24, 2.45) is 0 Å². The number of nitrogens with one attached hydrogen (secondary N) is 1. The summed E-state index contributed by atoms with van der Waals surface area (Å²) < 4.78 is 5.12. The maximum Gasteiger partial charge on any atom is 0.331 e. The van der Waals surface area contributed by atoms with Crippen molar-refractivity contribution in [1.82, 2.24) is 9.55 Å². The number of hydrogen-bond donors (Lipinski definition) is 3. The smallest absolute Gasteiger partial charge is 0.331 e. The molecule has 4 atom stereocenters. The van der Waals surface area contributed by atoms with Crippen LogP contribution >= 0.6 is 22.6 Å². The zero-order valence-corrected chi connectivity index (χ0v) is 11.9. The largest absolute Gasteiger partial charge is 0.387 e. The Balaban J connectivity index is 2.59. The molecule has 2 heterocycles. The van der Waals surface area contributed by atoms with Gasteiger partial charge < -0.3 is 14.9 Å². The van der Waals surface area contributed by atoms with Crippen LogP contribution in [-0.4, -0.2) is 38.1 Å². The number of rotatable bonds is 1. The Morgan fingerprint density at radius 1 is 1.50 bits per heavy atom. The number of hydrogen-bond acceptors (Lipinski definition) is 5. The summed E-state index contributed by atoms with van der Waals surface area (Å²) in [5, 5.41) is 19.7. The Hall–Kier alpha value is -0.710. The van der Waals surface area contributed by atoms with E-state index in [9.17, 15) is 19.8 Å². The Morgan fingerprint density at radius 3 is 2.61 bits per heavy atom. The molecule has 7 nitrogen and oxygen atoms in total. The molecule has 1 saturated heterocycles. The van der Waals surface area contributed by atoms with E-state index in [-0.39, 0.29) is 0 Å². The first-order chi connectivity index (χ1) is 8.27. The number of ether oxygens (including phenoxy) is 1. The van der Waals surface area contributed by atoms with Crippen LogP contribution in [0.15, 0.2) is 15.8 Å². The first-order valence-electron chi connectivity index (χ1n) is 5.33. The van der Waals surface area contributed by atoms with Gasteiger partial charge in [-0.15, -0.1) is 0 Å². The fourth-order valence-corrected chi connectivity index (χ4v) is 2.99. The molecule has 1 aliphatic rings. The maximum atomic E-state index is 11.8. The lowest BCUT2D eigenvalue weighted by Gasteiger charge is -2.27. The summed E-state index contributed by atoms with van der Waals surface area (Å²) in [6, 6.07) is 0. The summed E-state index contributed by atoms with van der Waals surface area (Å²) >= 11 is 1.75. The van der Waals surface area contributed by atoms with Crippen LogP contribution < -0.4 is 11.2 Å². The van der Waals surface area contributed by atoms with Crippen molar-refractivity contribution in [3.63, 3.8) is 0 Å². The second kappa shape index (κ2) is 4.44. The molecule has 0 saturated carbocycles. The standard InChI is InChI=1S/C10H13IN2O5/c1-4-3-13(9(17)12-8(4)16)10(11)7(15)6(14)5(2)18-10/h3,5-7,14-15H,1-2H3,(H,12,16,17)/t5-,6-,7-,10+/m1/s1. The highest BCUT2D eigenvalue weighted by molar-refractivity contribution is 14.1. The summed E-state index contributed by atoms with van der Waals surface area (Å²) in [5.74, 6) is 0. The molecule has 18 heavy (non-hydrogen) atoms. The molecule has 3 N–H and O–H groups in total. The molecule has 0 aliphatic carbocycles. The van der Waals surface area contributed by atoms with Gasteiger partial charge in [0.1, 0.15) is 12.2 Å². The van der Waals surface area contributed by atoms with Gasteiger partial charge in [0.25, 0.3) is 5.56 Å². The Kier molecular flexibility index (Phi) is 3.38. The molecule has 1 aliphatic heterocycles. The number of aromatic amines is 1. The van der Waals surface area contributed by atoms with Crippen molar-refractivity contribution in [1.29, 1.82) is 0 Å². The third-order valence-electron chi connectivity index (χ3n) is 2.97. The number of alkyl halides is 1. The maximum absolute atomic E-state index is 11.8. The SMILES string of the molecule is Cc1cn([C@]2(I)O[C@H](C)[C@@H](O)[C@H]2O)c(=O)[nH]c1=O. The van der Waals surface area contributed by atoms with Crippen molar-refractivity contribution in [3.8, 4) is 0 Å². The molecular weight excluding hydrogens is 355 g/mol. The predicted molar refractivity (Wildman–Crippen MR) is 70.6 cm³/mol. The predicted octanol–water partition coefficient (Wildman–Crippen LogP) is -0.969. The molecule has 1 fully saturated rings. The number of H-pyrrole nitrogens is 1. The second-order valence-corrected chi connectivity index (χ2v) is 5.85. The van der Waals surface area contributed by atoms with Gasteiger partial charge >= 0.3 is 5.69 Å². The minimum atomic E-state index is -1.43. The average Bonchev–Trinajstić information content (AvgIpc) is 2.49. The molecular formula is C10H13IN2O5. The first kappa shape index (κ1) is 13.7. The van der Waals surface area contributed by atoms with E-state index in [0.29, 0.717) is 5.56 Å². The summed E-state index contributed by atoms with van der Waals surface area (Å²) in [6.45, 7) is 3.13. The van der Waals surface area contributed by atoms with Gasteiger partial charge in [-0.3, -0.25) is 14.3 Å². The first-order valence-corrected chi connectivity index (χ1v) is 6.41. The Labute approximate surface area is 116 Å². The van der Waals surface area contributed by atoms with Crippen LogP contribution in [0.3, 0.4) is 0 Å². The number of aromatic nitrogens is 2. The van der Waals surface area contributed by atoms with Crippen LogP contribution in [0.2, 0.25) is 0 Å². The highest BCUT2D eigenvalue weighted by Gasteiger charge is 2.53. The summed E-state index contributed by atoms with van der Waals surface area (Å²) in [7, 11) is 0. The van der Waals surface area contributed by atoms with Gasteiger partial charge in [0.2, 0.25) is 3.73 Å². The van der Waals surface area contributed by atoms with Crippen molar-refractivity contribution in [2.75, 3.05) is 0 Å². The molecule has 8 heteroatoms. The normalized spacial score (nSPS) is 35.9. The van der Waals surface area contributed by atoms with E-state index in [1.54, 1.807) is 29.5 Å². The highest BCUT2D eigenvalue weighted by atomic mass is 127. The molecule has 0 spiro atoms. The van der Waals surface area contributed by atoms with Crippen LogP contribution in [0.4, 0.5) is 0 Å². The zero-order valence-electron chi connectivity index (χ0n) is 9.75. The van der Waals surface area contributed by atoms with Gasteiger partial charge in [0, 0.05) is 11.8 Å². The van der Waals surface area contributed by atoms with Crippen LogP contribution in [0.1, 0.15) is 12.5 Å². The Morgan fingerprint density at radius 2 is 2.11 bits per heavy atom. The fourth-order valence-electron chi connectivity index (χ4n) is 1.86. The van der Waals surface area contributed by atoms with E-state index in [1.165, 1.54) is 13.1 Å². The topological polar surface area (TPSA) is 105 Å². The van der Waals surface area contributed by atoms with Gasteiger partial charge in [0.15, 0.2) is 0 Å². The molecule has 0 bridgehead atoms. The number of nitrogens with zero attached hydrogens (tertiary/aromatic N) is 1. The lowest BCUT2D eigenvalue weighted by molar-refractivity contribution is -0.0518. The third kappa shape index (κ3) is 1.92. The quantitative estimate of drug-likeness (QED) is 0.437. The van der Waals surface area contributed by atoms with Gasteiger partial charge in [-0.05, 0) is 36.4 Å². The minimum Gasteiger partial charge on any atom is -0.387 e. The van der Waals surface area contributed by atoms with Crippen molar-refractivity contribution in [3.05, 3.63) is 32.6 Å². The van der Waals surface area contributed by atoms with E-state index < -0.39 is 33.3 Å². The van der Waals surface area contributed by atoms with Crippen LogP contribution in [-0.2, 0) is 8.47 Å². The van der Waals surface area contributed by atoms with Gasteiger partial charge in [-0.25, -0.2) is 4.79 Å². The summed E-state index contributed by atoms with van der Waals surface area (Å²) in [6.07, 6.45) is -1.67. The van der Waals surface area contributed by atoms with E-state index in [1.807, 2.05) is 0 Å². The highest BCUT2D eigenvalue weighted by Crippen LogP contribution is 2.40. The van der Waals surface area contributed by atoms with Crippen LogP contribution in [0.25, 0.3) is 0 Å². The molecule has 1 aromatic rings. The van der Waals surface area contributed by atoms with E-state index >= 15 is 0 Å². The lowest BCUT2D eigenvalue weighted by Crippen LogP contribution is -2.47. The summed E-state index contributed by atoms with van der Waals surface area (Å²) in [5.41, 5.74) is -0.867. The van der Waals surface area contributed by atoms with Gasteiger partial charge in [-0.2, -0.15) is 0 Å². The average molecular weight is 368 g/mol. The molecule has 0 radical (unpaired) electrons. The molecule has 100 valence electrons. The molecule has 2 rings (SSSR count). The third-order valence-corrected chi connectivity index (χ3v) is 4.38. The van der Waals surface area contributed by atoms with Crippen molar-refractivity contribution < 1.29 is 14.9 Å². The van der Waals surface area contributed by atoms with Crippen LogP contribution in [0.5, 0.6) is 0 Å². The van der Waals surface area contributed by atoms with Crippen molar-refractivity contribution >= 4 is 22.6 Å². The molecule has 1 aromatic heterocycles. The second-order valence-electron chi connectivity index (χ2n) is 4.31. The minimum absolute atomic E-state index is 0.315. The van der Waals surface area contributed by atoms with Gasteiger partial charge in [-0.1, -0.05) is 0 Å². The van der Waals surface area contributed by atoms with E-state index in [4.69, 9.17) is 4.74 Å². The fraction of sp³-hybridized carbons (Fsp3) is 0.600. The number of aliphatic hydroxyl groups excluding tert-OH is 2. The Bertz CT molecular complexity index is 582. The number of aliphatic hydroxyl groups is 2. The van der Waals surface area contributed by atoms with Crippen LogP contribution in [0, 0.1) is 6.92 Å². The number of aryl methyl sites for hydroxylation is 1. The van der Waals surface area contributed by atoms with Gasteiger partial charge in [0.05, 0.1) is 6.10 Å². The zero-order chi connectivity index (χ0) is 13.7. The lowest BCUT2D eigenvalue weighted by atomic mass is 10.1. The molecule has 0 unspecified atom stereocenters.